The van der Waals surface area contributed by atoms with E-state index >= 15 is 0 Å². The molecule has 2 fully saturated rings. The number of alkyl halides is 2. The minimum Gasteiger partial charge on any atom is -0.435 e. The summed E-state index contributed by atoms with van der Waals surface area (Å²) in [5.74, 6) is -0.0375. The van der Waals surface area contributed by atoms with Crippen LogP contribution in [0.3, 0.4) is 0 Å². The molecule has 1 amide bonds. The van der Waals surface area contributed by atoms with Crippen molar-refractivity contribution in [2.24, 2.45) is 0 Å². The number of ether oxygens (including phenoxy) is 2. The van der Waals surface area contributed by atoms with Gasteiger partial charge in [-0.15, -0.1) is 0 Å². The second-order valence-corrected chi connectivity index (χ2v) is 6.99. The summed E-state index contributed by atoms with van der Waals surface area (Å²) < 4.78 is 34.9. The molecule has 0 bridgehead atoms. The normalized spacial score (nSPS) is 25.5. The van der Waals surface area contributed by atoms with Crippen LogP contribution in [0.2, 0.25) is 0 Å². The lowest BCUT2D eigenvalue weighted by atomic mass is 10.1. The third-order valence-corrected chi connectivity index (χ3v) is 5.04. The standard InChI is InChI=1S/C18H23F2N5O3/c1-10-7-12(28-17(19)20)8-11(2)14(10)25-9-13-15(23-25)21-18(22-16(13)26)24-3-5-27-6-4-24/h7-9,15,17-18,21,23H,3-6H2,1-2H3,(H,22,26). The van der Waals surface area contributed by atoms with Gasteiger partial charge in [0.2, 0.25) is 0 Å². The zero-order valence-corrected chi connectivity index (χ0v) is 15.7. The first-order valence-electron chi connectivity index (χ1n) is 9.14. The van der Waals surface area contributed by atoms with Gasteiger partial charge in [0.15, 0.2) is 0 Å². The van der Waals surface area contributed by atoms with Crippen molar-refractivity contribution in [3.63, 3.8) is 0 Å². The quantitative estimate of drug-likeness (QED) is 0.695. The summed E-state index contributed by atoms with van der Waals surface area (Å²) in [7, 11) is 0. The van der Waals surface area contributed by atoms with Crippen LogP contribution in [0.25, 0.3) is 0 Å². The maximum atomic E-state index is 12.6. The Morgan fingerprint density at radius 2 is 1.89 bits per heavy atom. The molecule has 28 heavy (non-hydrogen) atoms. The smallest absolute Gasteiger partial charge is 0.387 e. The molecule has 1 aromatic carbocycles. The predicted octanol–water partition coefficient (Wildman–Crippen LogP) is 0.775. The highest BCUT2D eigenvalue weighted by Crippen LogP contribution is 2.32. The Labute approximate surface area is 161 Å². The second kappa shape index (κ2) is 7.63. The zero-order chi connectivity index (χ0) is 19.8. The van der Waals surface area contributed by atoms with Crippen molar-refractivity contribution in [1.29, 1.82) is 0 Å². The number of hydrazine groups is 1. The van der Waals surface area contributed by atoms with E-state index in [0.29, 0.717) is 18.8 Å². The Morgan fingerprint density at radius 3 is 2.54 bits per heavy atom. The van der Waals surface area contributed by atoms with Crippen LogP contribution in [-0.2, 0) is 9.53 Å². The molecule has 8 nitrogen and oxygen atoms in total. The van der Waals surface area contributed by atoms with E-state index in [0.717, 1.165) is 29.9 Å². The molecule has 0 saturated carbocycles. The van der Waals surface area contributed by atoms with Crippen molar-refractivity contribution in [3.8, 4) is 5.75 Å². The number of nitrogens with one attached hydrogen (secondary N) is 3. The largest absolute Gasteiger partial charge is 0.435 e. The minimum atomic E-state index is -2.87. The summed E-state index contributed by atoms with van der Waals surface area (Å²) in [4.78, 5) is 14.7. The number of anilines is 1. The molecule has 3 aliphatic rings. The fraction of sp³-hybridized carbons (Fsp3) is 0.500. The molecule has 1 aromatic rings. The molecule has 2 atom stereocenters. The third-order valence-electron chi connectivity index (χ3n) is 5.04. The van der Waals surface area contributed by atoms with E-state index in [1.165, 1.54) is 0 Å². The summed E-state index contributed by atoms with van der Waals surface area (Å²) >= 11 is 0. The predicted molar refractivity (Wildman–Crippen MR) is 97.5 cm³/mol. The SMILES string of the molecule is Cc1cc(OC(F)F)cc(C)c1N1C=C2C(=O)NC(N3CCOCC3)NC2N1. The summed E-state index contributed by atoms with van der Waals surface area (Å²) in [6, 6.07) is 3.11. The van der Waals surface area contributed by atoms with Gasteiger partial charge in [-0.25, -0.2) is 5.43 Å². The van der Waals surface area contributed by atoms with Gasteiger partial charge in [-0.2, -0.15) is 8.78 Å². The number of amides is 1. The van der Waals surface area contributed by atoms with Gasteiger partial charge in [0.25, 0.3) is 5.91 Å². The summed E-state index contributed by atoms with van der Waals surface area (Å²) in [6.45, 7) is 3.48. The van der Waals surface area contributed by atoms with E-state index in [2.05, 4.69) is 25.7 Å². The number of aryl methyl sites for hydroxylation is 2. The average Bonchev–Trinajstić information content (AvgIpc) is 3.05. The van der Waals surface area contributed by atoms with E-state index in [4.69, 9.17) is 4.74 Å². The van der Waals surface area contributed by atoms with Crippen molar-refractivity contribution in [2.75, 3.05) is 31.3 Å². The van der Waals surface area contributed by atoms with E-state index < -0.39 is 6.61 Å². The van der Waals surface area contributed by atoms with Crippen molar-refractivity contribution < 1.29 is 23.0 Å². The Morgan fingerprint density at radius 1 is 1.21 bits per heavy atom. The van der Waals surface area contributed by atoms with Crippen molar-refractivity contribution in [1.82, 2.24) is 21.0 Å². The number of nitrogens with zero attached hydrogens (tertiary/aromatic N) is 2. The molecule has 0 radical (unpaired) electrons. The summed E-state index contributed by atoms with van der Waals surface area (Å²) in [5.41, 5.74) is 6.14. The van der Waals surface area contributed by atoms with E-state index in [-0.39, 0.29) is 24.1 Å². The van der Waals surface area contributed by atoms with Crippen LogP contribution in [0.5, 0.6) is 5.75 Å². The summed E-state index contributed by atoms with van der Waals surface area (Å²) in [5, 5.41) is 8.11. The van der Waals surface area contributed by atoms with Crippen molar-refractivity contribution in [3.05, 3.63) is 35.0 Å². The Balaban J connectivity index is 1.53. The highest BCUT2D eigenvalue weighted by atomic mass is 19.3. The molecule has 152 valence electrons. The first-order valence-corrected chi connectivity index (χ1v) is 9.14. The fourth-order valence-electron chi connectivity index (χ4n) is 3.81. The van der Waals surface area contributed by atoms with E-state index in [9.17, 15) is 13.6 Å². The number of carbonyl (C=O) groups excluding carboxylic acids is 1. The number of benzene rings is 1. The van der Waals surface area contributed by atoms with Gasteiger partial charge in [0, 0.05) is 19.3 Å². The zero-order valence-electron chi connectivity index (χ0n) is 15.7. The molecule has 3 heterocycles. The van der Waals surface area contributed by atoms with Crippen molar-refractivity contribution >= 4 is 11.6 Å². The van der Waals surface area contributed by atoms with Crippen LogP contribution in [0.1, 0.15) is 11.1 Å². The van der Waals surface area contributed by atoms with Gasteiger partial charge in [-0.05, 0) is 37.1 Å². The number of carbonyl (C=O) groups is 1. The molecule has 0 spiro atoms. The van der Waals surface area contributed by atoms with Crippen molar-refractivity contribution in [2.45, 2.75) is 32.9 Å². The van der Waals surface area contributed by atoms with Gasteiger partial charge in [-0.3, -0.25) is 20.0 Å². The van der Waals surface area contributed by atoms with Gasteiger partial charge in [-0.1, -0.05) is 0 Å². The fourth-order valence-corrected chi connectivity index (χ4v) is 3.81. The topological polar surface area (TPSA) is 78.1 Å². The third kappa shape index (κ3) is 3.68. The first kappa shape index (κ1) is 19.1. The van der Waals surface area contributed by atoms with Gasteiger partial charge in [0.1, 0.15) is 18.2 Å². The maximum Gasteiger partial charge on any atom is 0.387 e. The Bertz CT molecular complexity index is 774. The lowest BCUT2D eigenvalue weighted by molar-refractivity contribution is -0.123. The lowest BCUT2D eigenvalue weighted by Crippen LogP contribution is -2.68. The number of fused-ring (bicyclic) bond motifs is 1. The molecule has 10 heteroatoms. The molecule has 0 aromatic heterocycles. The van der Waals surface area contributed by atoms with Gasteiger partial charge >= 0.3 is 6.61 Å². The highest BCUT2D eigenvalue weighted by Gasteiger charge is 2.39. The van der Waals surface area contributed by atoms with E-state index in [1.54, 1.807) is 23.3 Å². The Hall–Kier alpha value is -2.27. The van der Waals surface area contributed by atoms with Crippen LogP contribution >= 0.6 is 0 Å². The molecule has 2 unspecified atom stereocenters. The molecule has 2 saturated heterocycles. The number of morpholine rings is 1. The van der Waals surface area contributed by atoms with Crippen LogP contribution in [0.4, 0.5) is 14.5 Å². The molecular weight excluding hydrogens is 372 g/mol. The number of halogens is 2. The average molecular weight is 395 g/mol. The first-order chi connectivity index (χ1) is 13.4. The monoisotopic (exact) mass is 395 g/mol. The molecular formula is C18H23F2N5O3. The van der Waals surface area contributed by atoms with Crippen LogP contribution < -0.4 is 25.8 Å². The van der Waals surface area contributed by atoms with E-state index in [1.807, 2.05) is 13.8 Å². The highest BCUT2D eigenvalue weighted by molar-refractivity contribution is 5.97. The van der Waals surface area contributed by atoms with Crippen LogP contribution in [-0.4, -0.2) is 56.2 Å². The van der Waals surface area contributed by atoms with Crippen LogP contribution in [0, 0.1) is 13.8 Å². The Kier molecular flexibility index (Phi) is 5.19. The number of rotatable bonds is 4. The second-order valence-electron chi connectivity index (χ2n) is 6.99. The lowest BCUT2D eigenvalue weighted by Gasteiger charge is -2.40. The van der Waals surface area contributed by atoms with Gasteiger partial charge < -0.3 is 14.8 Å². The number of hydrogen-bond acceptors (Lipinski definition) is 7. The molecule has 4 rings (SSSR count). The molecule has 0 aliphatic carbocycles. The molecule has 3 aliphatic heterocycles. The summed E-state index contributed by atoms with van der Waals surface area (Å²) in [6.07, 6.45) is 1.10. The molecule has 3 N–H and O–H groups in total. The maximum absolute atomic E-state index is 12.6. The van der Waals surface area contributed by atoms with Crippen LogP contribution in [0.15, 0.2) is 23.9 Å². The van der Waals surface area contributed by atoms with Gasteiger partial charge in [0.05, 0.1) is 24.5 Å². The number of hydrogen-bond donors (Lipinski definition) is 3. The minimum absolute atomic E-state index is 0.112.